The van der Waals surface area contributed by atoms with Gasteiger partial charge in [0.05, 0.1) is 11.3 Å². The molecule has 12 heteroatoms. The highest BCUT2D eigenvalue weighted by atomic mass is 19.4. The molecule has 37 heavy (non-hydrogen) atoms. The van der Waals surface area contributed by atoms with Crippen molar-refractivity contribution in [2.45, 2.75) is 33.4 Å². The van der Waals surface area contributed by atoms with Crippen molar-refractivity contribution in [3.8, 4) is 5.82 Å². The summed E-state index contributed by atoms with van der Waals surface area (Å²) in [4.78, 5) is 21.0. The smallest absolute Gasteiger partial charge is 0.340 e. The number of nitrogens with zero attached hydrogens (tertiary/aromatic N) is 4. The minimum Gasteiger partial charge on any atom is -0.340 e. The number of aromatic nitrogens is 4. The summed E-state index contributed by atoms with van der Waals surface area (Å²) in [6.45, 7) is 5.71. The Kier molecular flexibility index (Phi) is 7.09. The van der Waals surface area contributed by atoms with Crippen LogP contribution in [0.25, 0.3) is 5.82 Å². The summed E-state index contributed by atoms with van der Waals surface area (Å²) in [5.41, 5.74) is 1.85. The second kappa shape index (κ2) is 10.2. The number of benzene rings is 2. The van der Waals surface area contributed by atoms with Gasteiger partial charge in [-0.1, -0.05) is 13.0 Å². The maximum atomic E-state index is 13.5. The Bertz CT molecular complexity index is 1450. The zero-order valence-corrected chi connectivity index (χ0v) is 20.1. The quantitative estimate of drug-likeness (QED) is 0.260. The van der Waals surface area contributed by atoms with Crippen molar-refractivity contribution in [3.05, 3.63) is 83.2 Å². The molecule has 3 N–H and O–H groups in total. The van der Waals surface area contributed by atoms with Gasteiger partial charge in [-0.15, -0.1) is 0 Å². The second-order valence-electron chi connectivity index (χ2n) is 8.23. The van der Waals surface area contributed by atoms with Gasteiger partial charge in [0.2, 0.25) is 0 Å². The third-order valence-electron chi connectivity index (χ3n) is 5.41. The number of halogens is 4. The summed E-state index contributed by atoms with van der Waals surface area (Å²) in [5, 5.41) is 12.7. The van der Waals surface area contributed by atoms with E-state index in [4.69, 9.17) is 0 Å². The number of rotatable bonds is 6. The van der Waals surface area contributed by atoms with Gasteiger partial charge in [-0.2, -0.15) is 23.0 Å². The van der Waals surface area contributed by atoms with Gasteiger partial charge in [0.1, 0.15) is 18.0 Å². The zero-order valence-electron chi connectivity index (χ0n) is 20.1. The van der Waals surface area contributed by atoms with Crippen LogP contribution in [0.15, 0.2) is 54.9 Å². The van der Waals surface area contributed by atoms with Gasteiger partial charge < -0.3 is 16.0 Å². The molecule has 192 valence electrons. The highest BCUT2D eigenvalue weighted by Crippen LogP contribution is 2.33. The summed E-state index contributed by atoms with van der Waals surface area (Å²) in [7, 11) is 0. The van der Waals surface area contributed by atoms with Crippen molar-refractivity contribution in [3.63, 3.8) is 0 Å². The number of anilines is 4. The Labute approximate surface area is 209 Å². The van der Waals surface area contributed by atoms with E-state index in [2.05, 4.69) is 31.0 Å². The predicted octanol–water partition coefficient (Wildman–Crippen LogP) is 6.39. The fourth-order valence-electron chi connectivity index (χ4n) is 3.54. The fourth-order valence-corrected chi connectivity index (χ4v) is 3.54. The molecule has 0 radical (unpaired) electrons. The number of amides is 2. The second-order valence-corrected chi connectivity index (χ2v) is 8.23. The molecule has 0 aliphatic rings. The number of hydrogen-bond donors (Lipinski definition) is 3. The Morgan fingerprint density at radius 2 is 1.68 bits per heavy atom. The van der Waals surface area contributed by atoms with E-state index in [9.17, 15) is 22.4 Å². The first-order valence-electron chi connectivity index (χ1n) is 11.2. The minimum absolute atomic E-state index is 0.202. The van der Waals surface area contributed by atoms with Gasteiger partial charge in [-0.05, 0) is 56.2 Å². The standard InChI is InChI=1S/C25H23F4N7O/c1-4-16-12-22(31-13-30-16)36-23(9-15(3)35-36)34-21-11-18(6-5-14(21)2)33-24(37)32-17-7-8-20(26)19(10-17)25(27,28)29/h5-13,34H,4H2,1-3H3,(H2,32,33,37). The first kappa shape index (κ1) is 25.6. The molecule has 0 aliphatic carbocycles. The summed E-state index contributed by atoms with van der Waals surface area (Å²) >= 11 is 0. The number of nitrogens with one attached hydrogen (secondary N) is 3. The van der Waals surface area contributed by atoms with Crippen LogP contribution in [0.4, 0.5) is 45.2 Å². The van der Waals surface area contributed by atoms with E-state index in [1.165, 1.54) is 6.33 Å². The van der Waals surface area contributed by atoms with Crippen molar-refractivity contribution in [2.24, 2.45) is 0 Å². The molecule has 8 nitrogen and oxygen atoms in total. The molecule has 0 saturated heterocycles. The lowest BCUT2D eigenvalue weighted by Crippen LogP contribution is -2.20. The number of carbonyl (C=O) groups excluding carboxylic acids is 1. The maximum Gasteiger partial charge on any atom is 0.419 e. The topological polar surface area (TPSA) is 96.8 Å². The van der Waals surface area contributed by atoms with Crippen LogP contribution < -0.4 is 16.0 Å². The van der Waals surface area contributed by atoms with Crippen LogP contribution in [0, 0.1) is 19.7 Å². The first-order valence-corrected chi connectivity index (χ1v) is 11.2. The summed E-state index contributed by atoms with van der Waals surface area (Å²) < 4.78 is 54.1. The van der Waals surface area contributed by atoms with Crippen LogP contribution in [-0.4, -0.2) is 25.8 Å². The van der Waals surface area contributed by atoms with Gasteiger partial charge in [0.15, 0.2) is 5.82 Å². The Morgan fingerprint density at radius 1 is 0.973 bits per heavy atom. The minimum atomic E-state index is -4.88. The molecule has 0 saturated carbocycles. The molecule has 2 aromatic heterocycles. The van der Waals surface area contributed by atoms with Crippen LogP contribution >= 0.6 is 0 Å². The molecule has 0 unspecified atom stereocenters. The SMILES string of the molecule is CCc1cc(-n2nc(C)cc2Nc2cc(NC(=O)Nc3ccc(F)c(C(F)(F)F)c3)ccc2C)ncn1. The van der Waals surface area contributed by atoms with E-state index in [-0.39, 0.29) is 5.69 Å². The molecule has 0 fully saturated rings. The summed E-state index contributed by atoms with van der Waals surface area (Å²) in [5.74, 6) is -0.199. The number of urea groups is 1. The van der Waals surface area contributed by atoms with Crippen LogP contribution in [0.1, 0.15) is 29.4 Å². The van der Waals surface area contributed by atoms with Gasteiger partial charge >= 0.3 is 12.2 Å². The predicted molar refractivity (Wildman–Crippen MR) is 132 cm³/mol. The fraction of sp³-hybridized carbons (Fsp3) is 0.200. The lowest BCUT2D eigenvalue weighted by atomic mass is 10.1. The average Bonchev–Trinajstić information content (AvgIpc) is 3.21. The van der Waals surface area contributed by atoms with Crippen molar-refractivity contribution in [2.75, 3.05) is 16.0 Å². The molecule has 2 heterocycles. The molecular weight excluding hydrogens is 490 g/mol. The third-order valence-corrected chi connectivity index (χ3v) is 5.41. The molecule has 0 spiro atoms. The molecule has 2 amide bonds. The number of hydrogen-bond acceptors (Lipinski definition) is 5. The van der Waals surface area contributed by atoms with Crippen LogP contribution in [0.5, 0.6) is 0 Å². The lowest BCUT2D eigenvalue weighted by Gasteiger charge is -2.14. The van der Waals surface area contributed by atoms with Crippen LogP contribution in [0.3, 0.4) is 0 Å². The molecular formula is C25H23F4N7O. The first-order chi connectivity index (χ1) is 17.5. The highest BCUT2D eigenvalue weighted by molar-refractivity contribution is 6.00. The Balaban J connectivity index is 1.53. The van der Waals surface area contributed by atoms with E-state index >= 15 is 0 Å². The number of carbonyl (C=O) groups is 1. The van der Waals surface area contributed by atoms with E-state index in [1.807, 2.05) is 32.9 Å². The van der Waals surface area contributed by atoms with Crippen molar-refractivity contribution >= 4 is 28.9 Å². The maximum absolute atomic E-state index is 13.5. The Morgan fingerprint density at radius 3 is 2.38 bits per heavy atom. The molecule has 0 aliphatic heterocycles. The van der Waals surface area contributed by atoms with Crippen molar-refractivity contribution < 1.29 is 22.4 Å². The zero-order chi connectivity index (χ0) is 26.7. The van der Waals surface area contributed by atoms with Gasteiger partial charge in [-0.25, -0.2) is 19.2 Å². The molecule has 4 rings (SSSR count). The number of aryl methyl sites for hydroxylation is 3. The molecule has 2 aromatic carbocycles. The summed E-state index contributed by atoms with van der Waals surface area (Å²) in [6, 6.07) is 10.2. The molecule has 4 aromatic rings. The lowest BCUT2D eigenvalue weighted by molar-refractivity contribution is -0.139. The van der Waals surface area contributed by atoms with Crippen molar-refractivity contribution in [1.82, 2.24) is 19.7 Å². The van der Waals surface area contributed by atoms with Gasteiger partial charge in [0, 0.05) is 34.9 Å². The molecule has 0 atom stereocenters. The van der Waals surface area contributed by atoms with E-state index in [0.29, 0.717) is 35.1 Å². The van der Waals surface area contributed by atoms with E-state index in [0.717, 1.165) is 29.4 Å². The third kappa shape index (κ3) is 6.02. The van der Waals surface area contributed by atoms with Crippen LogP contribution in [0.2, 0.25) is 0 Å². The molecule has 0 bridgehead atoms. The largest absolute Gasteiger partial charge is 0.419 e. The van der Waals surface area contributed by atoms with Crippen LogP contribution in [-0.2, 0) is 12.6 Å². The van der Waals surface area contributed by atoms with Crippen molar-refractivity contribution in [1.29, 1.82) is 0 Å². The van der Waals surface area contributed by atoms with E-state index < -0.39 is 23.6 Å². The number of alkyl halides is 3. The van der Waals surface area contributed by atoms with Gasteiger partial charge in [0.25, 0.3) is 0 Å². The average molecular weight is 513 g/mol. The van der Waals surface area contributed by atoms with Gasteiger partial charge in [-0.3, -0.25) is 0 Å². The highest BCUT2D eigenvalue weighted by Gasteiger charge is 2.34. The Hall–Kier alpha value is -4.48. The van der Waals surface area contributed by atoms with E-state index in [1.54, 1.807) is 22.9 Å². The normalized spacial score (nSPS) is 11.3. The summed E-state index contributed by atoms with van der Waals surface area (Å²) in [6.07, 6.45) is -2.67. The monoisotopic (exact) mass is 513 g/mol.